The van der Waals surface area contributed by atoms with Crippen LogP contribution in [-0.2, 0) is 0 Å². The van der Waals surface area contributed by atoms with E-state index in [0.717, 1.165) is 36.2 Å². The van der Waals surface area contributed by atoms with Gasteiger partial charge in [-0.25, -0.2) is 9.97 Å². The Kier molecular flexibility index (Phi) is 3.11. The molecule has 0 bridgehead atoms. The highest BCUT2D eigenvalue weighted by Crippen LogP contribution is 2.35. The van der Waals surface area contributed by atoms with Gasteiger partial charge in [0, 0.05) is 24.5 Å². The summed E-state index contributed by atoms with van der Waals surface area (Å²) in [7, 11) is 3.26. The molecule has 1 aromatic heterocycles. The number of ether oxygens (including phenoxy) is 2. The van der Waals surface area contributed by atoms with E-state index in [9.17, 15) is 0 Å². The van der Waals surface area contributed by atoms with Gasteiger partial charge in [-0.2, -0.15) is 0 Å². The van der Waals surface area contributed by atoms with Gasteiger partial charge in [0.25, 0.3) is 0 Å². The molecule has 1 saturated heterocycles. The van der Waals surface area contributed by atoms with Gasteiger partial charge in [0.2, 0.25) is 0 Å². The first-order chi connectivity index (χ1) is 9.33. The Balaban J connectivity index is 2.17. The van der Waals surface area contributed by atoms with Crippen LogP contribution in [0.5, 0.6) is 11.5 Å². The monoisotopic (exact) mass is 258 g/mol. The van der Waals surface area contributed by atoms with Crippen molar-refractivity contribution < 1.29 is 9.47 Å². The van der Waals surface area contributed by atoms with Gasteiger partial charge in [0.05, 0.1) is 19.7 Å². The fraction of sp³-hybridized carbons (Fsp3) is 0.357. The van der Waals surface area contributed by atoms with Crippen LogP contribution in [0.4, 0.5) is 5.82 Å². The number of benzene rings is 1. The second kappa shape index (κ2) is 4.91. The van der Waals surface area contributed by atoms with E-state index >= 15 is 0 Å². The molecule has 1 aliphatic heterocycles. The van der Waals surface area contributed by atoms with Gasteiger partial charge in [0.15, 0.2) is 11.5 Å². The van der Waals surface area contributed by atoms with E-state index in [2.05, 4.69) is 21.3 Å². The van der Waals surface area contributed by atoms with Crippen LogP contribution < -0.4 is 14.4 Å². The number of anilines is 1. The minimum Gasteiger partial charge on any atom is -0.493 e. The maximum absolute atomic E-state index is 5.36. The molecule has 5 heteroatoms. The Morgan fingerprint density at radius 1 is 1.11 bits per heavy atom. The number of hydrogen-bond acceptors (Lipinski definition) is 5. The predicted octanol–water partition coefficient (Wildman–Crippen LogP) is 2.06. The van der Waals surface area contributed by atoms with Crippen LogP contribution in [-0.4, -0.2) is 37.3 Å². The molecule has 0 unspecified atom stereocenters. The quantitative estimate of drug-likeness (QED) is 0.843. The van der Waals surface area contributed by atoms with E-state index in [1.54, 1.807) is 20.5 Å². The molecule has 0 atom stereocenters. The molecule has 99 valence electrons. The summed E-state index contributed by atoms with van der Waals surface area (Å²) in [6.45, 7) is 1.93. The summed E-state index contributed by atoms with van der Waals surface area (Å²) in [5.41, 5.74) is 0.870. The van der Waals surface area contributed by atoms with Gasteiger partial charge in [-0.05, 0) is 18.9 Å². The van der Waals surface area contributed by atoms with Crippen molar-refractivity contribution in [3.05, 3.63) is 24.9 Å². The topological polar surface area (TPSA) is 47.5 Å². The van der Waals surface area contributed by atoms with Crippen molar-refractivity contribution in [2.45, 2.75) is 6.42 Å². The Hall–Kier alpha value is -2.04. The molecule has 1 fully saturated rings. The lowest BCUT2D eigenvalue weighted by molar-refractivity contribution is 0.356. The Morgan fingerprint density at radius 3 is 2.58 bits per heavy atom. The largest absolute Gasteiger partial charge is 0.493 e. The summed E-state index contributed by atoms with van der Waals surface area (Å²) in [4.78, 5) is 11.0. The number of fused-ring (bicyclic) bond motifs is 1. The van der Waals surface area contributed by atoms with Crippen molar-refractivity contribution in [2.24, 2.45) is 0 Å². The fourth-order valence-corrected chi connectivity index (χ4v) is 2.40. The molecule has 3 rings (SSSR count). The SMILES string of the molecule is COc1cc2ncnc(N3C[CH]CC3)c2cc1OC. The second-order valence-corrected chi connectivity index (χ2v) is 4.44. The third kappa shape index (κ3) is 2.05. The second-order valence-electron chi connectivity index (χ2n) is 4.44. The van der Waals surface area contributed by atoms with Crippen molar-refractivity contribution in [3.63, 3.8) is 0 Å². The Labute approximate surface area is 112 Å². The van der Waals surface area contributed by atoms with Crippen molar-refractivity contribution in [1.82, 2.24) is 9.97 Å². The van der Waals surface area contributed by atoms with Crippen LogP contribution in [0, 0.1) is 6.42 Å². The predicted molar refractivity (Wildman–Crippen MR) is 73.8 cm³/mol. The summed E-state index contributed by atoms with van der Waals surface area (Å²) in [6.07, 6.45) is 4.95. The standard InChI is InChI=1S/C14H16N3O2/c1-18-12-7-10-11(8-13(12)19-2)15-9-16-14(10)17-5-3-4-6-17/h3,7-9H,4-6H2,1-2H3. The van der Waals surface area contributed by atoms with Gasteiger partial charge >= 0.3 is 0 Å². The summed E-state index contributed by atoms with van der Waals surface area (Å²) in [6, 6.07) is 3.83. The van der Waals surface area contributed by atoms with Crippen LogP contribution in [0.2, 0.25) is 0 Å². The van der Waals surface area contributed by atoms with Crippen LogP contribution in [0.15, 0.2) is 18.5 Å². The van der Waals surface area contributed by atoms with Crippen molar-refractivity contribution in [1.29, 1.82) is 0 Å². The van der Waals surface area contributed by atoms with E-state index in [1.165, 1.54) is 0 Å². The van der Waals surface area contributed by atoms with Crippen LogP contribution >= 0.6 is 0 Å². The van der Waals surface area contributed by atoms with Crippen molar-refractivity contribution in [2.75, 3.05) is 32.2 Å². The molecule has 0 amide bonds. The van der Waals surface area contributed by atoms with Gasteiger partial charge in [-0.15, -0.1) is 0 Å². The molecule has 2 heterocycles. The van der Waals surface area contributed by atoms with Gasteiger partial charge < -0.3 is 14.4 Å². The van der Waals surface area contributed by atoms with E-state index in [1.807, 2.05) is 12.1 Å². The number of aromatic nitrogens is 2. The molecule has 0 N–H and O–H groups in total. The highest BCUT2D eigenvalue weighted by Gasteiger charge is 2.18. The minimum absolute atomic E-state index is 0.688. The molecular formula is C14H16N3O2. The molecule has 1 aliphatic rings. The third-order valence-electron chi connectivity index (χ3n) is 3.37. The summed E-state index contributed by atoms with van der Waals surface area (Å²) in [5.74, 6) is 2.35. The smallest absolute Gasteiger partial charge is 0.162 e. The minimum atomic E-state index is 0.688. The lowest BCUT2D eigenvalue weighted by atomic mass is 10.2. The average Bonchev–Trinajstić information content (AvgIpc) is 2.99. The highest BCUT2D eigenvalue weighted by molar-refractivity contribution is 5.92. The normalized spacial score (nSPS) is 14.9. The van der Waals surface area contributed by atoms with Crippen LogP contribution in [0.3, 0.4) is 0 Å². The lowest BCUT2D eigenvalue weighted by Crippen LogP contribution is -2.19. The number of nitrogens with zero attached hydrogens (tertiary/aromatic N) is 3. The Morgan fingerprint density at radius 2 is 1.89 bits per heavy atom. The number of rotatable bonds is 3. The molecule has 1 radical (unpaired) electrons. The van der Waals surface area contributed by atoms with Gasteiger partial charge in [-0.1, -0.05) is 0 Å². The summed E-state index contributed by atoms with van der Waals surface area (Å²) in [5, 5.41) is 0.996. The zero-order valence-electron chi connectivity index (χ0n) is 11.1. The molecule has 1 aromatic carbocycles. The first kappa shape index (κ1) is 12.0. The van der Waals surface area contributed by atoms with E-state index in [0.29, 0.717) is 11.5 Å². The molecule has 0 saturated carbocycles. The van der Waals surface area contributed by atoms with Gasteiger partial charge in [0.1, 0.15) is 12.1 Å². The number of hydrogen-bond donors (Lipinski definition) is 0. The Bertz CT molecular complexity index is 595. The molecule has 2 aromatic rings. The van der Waals surface area contributed by atoms with Gasteiger partial charge in [-0.3, -0.25) is 0 Å². The van der Waals surface area contributed by atoms with Crippen LogP contribution in [0.1, 0.15) is 6.42 Å². The van der Waals surface area contributed by atoms with E-state index < -0.39 is 0 Å². The maximum atomic E-state index is 5.36. The molecule has 5 nitrogen and oxygen atoms in total. The summed E-state index contributed by atoms with van der Waals surface area (Å²) >= 11 is 0. The van der Waals surface area contributed by atoms with Crippen molar-refractivity contribution in [3.8, 4) is 11.5 Å². The maximum Gasteiger partial charge on any atom is 0.162 e. The molecule has 0 spiro atoms. The van der Waals surface area contributed by atoms with E-state index in [4.69, 9.17) is 9.47 Å². The summed E-state index contributed by atoms with van der Waals surface area (Å²) < 4.78 is 10.7. The first-order valence-corrected chi connectivity index (χ1v) is 6.27. The average molecular weight is 258 g/mol. The lowest BCUT2D eigenvalue weighted by Gasteiger charge is -2.18. The fourth-order valence-electron chi connectivity index (χ4n) is 2.40. The van der Waals surface area contributed by atoms with E-state index in [-0.39, 0.29) is 0 Å². The van der Waals surface area contributed by atoms with Crippen molar-refractivity contribution >= 4 is 16.7 Å². The highest BCUT2D eigenvalue weighted by atomic mass is 16.5. The molecular weight excluding hydrogens is 242 g/mol. The number of methoxy groups -OCH3 is 2. The third-order valence-corrected chi connectivity index (χ3v) is 3.37. The zero-order valence-corrected chi connectivity index (χ0v) is 11.1. The first-order valence-electron chi connectivity index (χ1n) is 6.27. The molecule has 19 heavy (non-hydrogen) atoms. The molecule has 0 aliphatic carbocycles. The zero-order chi connectivity index (χ0) is 13.2. The van der Waals surface area contributed by atoms with Crippen LogP contribution in [0.25, 0.3) is 10.9 Å².